The van der Waals surface area contributed by atoms with Crippen LogP contribution < -0.4 is 10.6 Å². The Morgan fingerprint density at radius 2 is 1.96 bits per heavy atom. The summed E-state index contributed by atoms with van der Waals surface area (Å²) in [7, 11) is 0. The Morgan fingerprint density at radius 1 is 1.22 bits per heavy atom. The molecule has 2 aromatic heterocycles. The zero-order valence-corrected chi connectivity index (χ0v) is 13.5. The van der Waals surface area contributed by atoms with E-state index < -0.39 is 0 Å². The minimum Gasteiger partial charge on any atom is -0.348 e. The van der Waals surface area contributed by atoms with Crippen molar-refractivity contribution in [3.63, 3.8) is 0 Å². The van der Waals surface area contributed by atoms with Crippen molar-refractivity contribution >= 4 is 17.3 Å². The normalized spacial score (nSPS) is 15.3. The second-order valence-corrected chi connectivity index (χ2v) is 6.32. The van der Waals surface area contributed by atoms with E-state index in [4.69, 9.17) is 0 Å². The van der Waals surface area contributed by atoms with Gasteiger partial charge in [-0.1, -0.05) is 18.9 Å². The number of carbonyl (C=O) groups excluding carboxylic acids is 2. The molecule has 2 aromatic rings. The number of nitrogens with one attached hydrogen (secondary N) is 2. The van der Waals surface area contributed by atoms with Crippen LogP contribution in [0.5, 0.6) is 0 Å². The highest BCUT2D eigenvalue weighted by Gasteiger charge is 2.24. The second kappa shape index (κ2) is 6.40. The van der Waals surface area contributed by atoms with Gasteiger partial charge in [-0.25, -0.2) is 4.98 Å². The van der Waals surface area contributed by atoms with E-state index in [0.717, 1.165) is 25.7 Å². The van der Waals surface area contributed by atoms with Crippen molar-refractivity contribution in [2.75, 3.05) is 0 Å². The molecule has 0 saturated heterocycles. The fourth-order valence-corrected chi connectivity index (χ4v) is 3.02. The molecule has 0 spiro atoms. The van der Waals surface area contributed by atoms with Gasteiger partial charge in [0, 0.05) is 18.3 Å². The van der Waals surface area contributed by atoms with Gasteiger partial charge in [-0.2, -0.15) is 0 Å². The maximum absolute atomic E-state index is 12.6. The van der Waals surface area contributed by atoms with E-state index in [-0.39, 0.29) is 29.7 Å². The molecule has 0 unspecified atom stereocenters. The first kappa shape index (κ1) is 15.5. The van der Waals surface area contributed by atoms with Crippen LogP contribution in [0.2, 0.25) is 0 Å². The van der Waals surface area contributed by atoms with Crippen LogP contribution in [0.15, 0.2) is 24.4 Å². The van der Waals surface area contributed by atoms with Crippen LogP contribution in [0, 0.1) is 0 Å². The minimum atomic E-state index is -0.277. The molecule has 1 aliphatic carbocycles. The third-order valence-corrected chi connectivity index (χ3v) is 4.08. The third kappa shape index (κ3) is 3.21. The predicted octanol–water partition coefficient (Wildman–Crippen LogP) is 2.14. The van der Waals surface area contributed by atoms with E-state index in [0.29, 0.717) is 11.2 Å². The number of carbonyl (C=O) groups is 2. The molecular formula is C17H22N4O2. The first-order chi connectivity index (χ1) is 11.1. The standard InChI is InChI=1S/C17H22N4O2/c1-11(2)18-17(23)15-20-14(13-9-5-6-10-21(13)15)16(22)19-12-7-3-4-8-12/h5-6,9-12H,3-4,7-8H2,1-2H3,(H,18,23)(H,19,22). The summed E-state index contributed by atoms with van der Waals surface area (Å²) in [6.45, 7) is 3.78. The number of pyridine rings is 1. The Bertz CT molecular complexity index is 729. The summed E-state index contributed by atoms with van der Waals surface area (Å²) in [5, 5.41) is 5.86. The third-order valence-electron chi connectivity index (χ3n) is 4.08. The van der Waals surface area contributed by atoms with E-state index in [9.17, 15) is 9.59 Å². The van der Waals surface area contributed by atoms with Crippen LogP contribution in [-0.2, 0) is 0 Å². The van der Waals surface area contributed by atoms with Gasteiger partial charge in [0.1, 0.15) is 0 Å². The number of rotatable bonds is 4. The molecule has 23 heavy (non-hydrogen) atoms. The van der Waals surface area contributed by atoms with Gasteiger partial charge in [-0.15, -0.1) is 0 Å². The first-order valence-corrected chi connectivity index (χ1v) is 8.15. The summed E-state index contributed by atoms with van der Waals surface area (Å²) in [6.07, 6.45) is 6.08. The maximum Gasteiger partial charge on any atom is 0.287 e. The second-order valence-electron chi connectivity index (χ2n) is 6.32. The Kier molecular flexibility index (Phi) is 4.32. The van der Waals surface area contributed by atoms with Gasteiger partial charge in [-0.3, -0.25) is 14.0 Å². The van der Waals surface area contributed by atoms with Crippen molar-refractivity contribution in [2.24, 2.45) is 0 Å². The maximum atomic E-state index is 12.6. The Morgan fingerprint density at radius 3 is 2.65 bits per heavy atom. The van der Waals surface area contributed by atoms with Gasteiger partial charge in [0.2, 0.25) is 5.82 Å². The molecular weight excluding hydrogens is 292 g/mol. The van der Waals surface area contributed by atoms with Crippen LogP contribution in [0.1, 0.15) is 60.6 Å². The van der Waals surface area contributed by atoms with Gasteiger partial charge < -0.3 is 10.6 Å². The lowest BCUT2D eigenvalue weighted by atomic mass is 10.2. The SMILES string of the molecule is CC(C)NC(=O)c1nc(C(=O)NC2CCCC2)c2ccccn12. The van der Waals surface area contributed by atoms with Gasteiger partial charge in [0.05, 0.1) is 5.52 Å². The molecule has 0 radical (unpaired) electrons. The molecule has 2 amide bonds. The predicted molar refractivity (Wildman–Crippen MR) is 87.5 cm³/mol. The van der Waals surface area contributed by atoms with Crippen molar-refractivity contribution in [3.05, 3.63) is 35.9 Å². The fraction of sp³-hybridized carbons (Fsp3) is 0.471. The molecule has 3 rings (SSSR count). The van der Waals surface area contributed by atoms with Crippen molar-refractivity contribution in [3.8, 4) is 0 Å². The summed E-state index contributed by atoms with van der Waals surface area (Å²) in [6, 6.07) is 5.70. The van der Waals surface area contributed by atoms with Crippen molar-refractivity contribution in [1.82, 2.24) is 20.0 Å². The lowest BCUT2D eigenvalue weighted by Crippen LogP contribution is -2.33. The molecule has 1 fully saturated rings. The van der Waals surface area contributed by atoms with Crippen LogP contribution in [0.4, 0.5) is 0 Å². The summed E-state index contributed by atoms with van der Waals surface area (Å²) >= 11 is 0. The number of amides is 2. The number of aromatic nitrogens is 2. The molecule has 1 saturated carbocycles. The molecule has 6 heteroatoms. The van der Waals surface area contributed by atoms with Crippen LogP contribution in [-0.4, -0.2) is 33.3 Å². The van der Waals surface area contributed by atoms with Gasteiger partial charge in [0.25, 0.3) is 11.8 Å². The Labute approximate surface area is 135 Å². The molecule has 2 N–H and O–H groups in total. The molecule has 0 aromatic carbocycles. The first-order valence-electron chi connectivity index (χ1n) is 8.15. The summed E-state index contributed by atoms with van der Waals surface area (Å²) in [5.41, 5.74) is 0.961. The highest BCUT2D eigenvalue weighted by molar-refractivity contribution is 6.02. The van der Waals surface area contributed by atoms with E-state index in [1.54, 1.807) is 10.6 Å². The highest BCUT2D eigenvalue weighted by atomic mass is 16.2. The smallest absolute Gasteiger partial charge is 0.287 e. The number of hydrogen-bond acceptors (Lipinski definition) is 3. The van der Waals surface area contributed by atoms with E-state index in [1.807, 2.05) is 32.0 Å². The van der Waals surface area contributed by atoms with E-state index in [2.05, 4.69) is 15.6 Å². The summed E-state index contributed by atoms with van der Waals surface area (Å²) in [5.74, 6) is -0.240. The topological polar surface area (TPSA) is 75.5 Å². The Hall–Kier alpha value is -2.37. The lowest BCUT2D eigenvalue weighted by Gasteiger charge is -2.10. The Balaban J connectivity index is 1.93. The lowest BCUT2D eigenvalue weighted by molar-refractivity contribution is 0.0932. The summed E-state index contributed by atoms with van der Waals surface area (Å²) < 4.78 is 1.67. The van der Waals surface area contributed by atoms with Crippen LogP contribution in [0.3, 0.4) is 0 Å². The number of imidazole rings is 1. The number of fused-ring (bicyclic) bond motifs is 1. The molecule has 1 aliphatic rings. The minimum absolute atomic E-state index is 0.00864. The molecule has 0 atom stereocenters. The van der Waals surface area contributed by atoms with Crippen molar-refractivity contribution in [2.45, 2.75) is 51.6 Å². The van der Waals surface area contributed by atoms with Crippen molar-refractivity contribution in [1.29, 1.82) is 0 Å². The van der Waals surface area contributed by atoms with Crippen molar-refractivity contribution < 1.29 is 9.59 Å². The highest BCUT2D eigenvalue weighted by Crippen LogP contribution is 2.19. The van der Waals surface area contributed by atoms with Gasteiger partial charge in [0.15, 0.2) is 5.69 Å². The van der Waals surface area contributed by atoms with Crippen LogP contribution >= 0.6 is 0 Å². The molecule has 0 aliphatic heterocycles. The molecule has 2 heterocycles. The molecule has 0 bridgehead atoms. The average Bonchev–Trinajstić information content (AvgIpc) is 3.13. The zero-order valence-electron chi connectivity index (χ0n) is 13.5. The van der Waals surface area contributed by atoms with E-state index in [1.165, 1.54) is 0 Å². The molecule has 122 valence electrons. The van der Waals surface area contributed by atoms with E-state index >= 15 is 0 Å². The largest absolute Gasteiger partial charge is 0.348 e. The van der Waals surface area contributed by atoms with Gasteiger partial charge in [-0.05, 0) is 38.8 Å². The zero-order chi connectivity index (χ0) is 16.4. The summed E-state index contributed by atoms with van der Waals surface area (Å²) in [4.78, 5) is 29.2. The number of hydrogen-bond donors (Lipinski definition) is 2. The van der Waals surface area contributed by atoms with Crippen LogP contribution in [0.25, 0.3) is 5.52 Å². The number of nitrogens with zero attached hydrogens (tertiary/aromatic N) is 2. The molecule has 6 nitrogen and oxygen atoms in total. The quantitative estimate of drug-likeness (QED) is 0.908. The average molecular weight is 314 g/mol. The van der Waals surface area contributed by atoms with Gasteiger partial charge >= 0.3 is 0 Å². The monoisotopic (exact) mass is 314 g/mol. The fourth-order valence-electron chi connectivity index (χ4n) is 3.02.